The van der Waals surface area contributed by atoms with E-state index in [4.69, 9.17) is 0 Å². The predicted molar refractivity (Wildman–Crippen MR) is 96.8 cm³/mol. The minimum atomic E-state index is 1.10. The average molecular weight is 284 g/mol. The van der Waals surface area contributed by atoms with Gasteiger partial charge in [0.25, 0.3) is 0 Å². The van der Waals surface area contributed by atoms with Crippen molar-refractivity contribution in [2.24, 2.45) is 0 Å². The zero-order valence-electron chi connectivity index (χ0n) is 13.1. The molecule has 0 nitrogen and oxygen atoms in total. The van der Waals surface area contributed by atoms with Gasteiger partial charge in [0.05, 0.1) is 0 Å². The summed E-state index contributed by atoms with van der Waals surface area (Å²) in [6.45, 7) is 8.41. The van der Waals surface area contributed by atoms with Crippen molar-refractivity contribution in [1.29, 1.82) is 0 Å². The van der Waals surface area contributed by atoms with Crippen LogP contribution >= 0.6 is 0 Å². The van der Waals surface area contributed by atoms with E-state index in [0.717, 1.165) is 5.57 Å². The Morgan fingerprint density at radius 3 is 1.86 bits per heavy atom. The van der Waals surface area contributed by atoms with E-state index >= 15 is 0 Å². The molecule has 0 unspecified atom stereocenters. The molecule has 0 amide bonds. The standard InChI is InChI=1S/C22H20/c1-16(2)20-14-17(3)15-21(18-10-6-4-7-11-18)22(20)19-12-8-5-9-13-19/h4-15H,1H2,2-3H3. The molecule has 0 atom stereocenters. The lowest BCUT2D eigenvalue weighted by atomic mass is 9.87. The van der Waals surface area contributed by atoms with Gasteiger partial charge >= 0.3 is 0 Å². The third-order valence-corrected chi connectivity index (χ3v) is 3.89. The van der Waals surface area contributed by atoms with Crippen molar-refractivity contribution in [3.63, 3.8) is 0 Å². The fraction of sp³-hybridized carbons (Fsp3) is 0.0909. The molecule has 0 saturated carbocycles. The molecule has 22 heavy (non-hydrogen) atoms. The third-order valence-electron chi connectivity index (χ3n) is 3.89. The molecule has 108 valence electrons. The highest BCUT2D eigenvalue weighted by Crippen LogP contribution is 2.38. The van der Waals surface area contributed by atoms with E-state index in [1.54, 1.807) is 0 Å². The van der Waals surface area contributed by atoms with E-state index in [9.17, 15) is 0 Å². The predicted octanol–water partition coefficient (Wildman–Crippen LogP) is 6.36. The Kier molecular flexibility index (Phi) is 3.93. The third kappa shape index (κ3) is 2.73. The first-order valence-corrected chi connectivity index (χ1v) is 7.58. The monoisotopic (exact) mass is 284 g/mol. The van der Waals surface area contributed by atoms with Crippen molar-refractivity contribution in [3.8, 4) is 22.3 Å². The van der Waals surface area contributed by atoms with E-state index < -0.39 is 0 Å². The Balaban J connectivity index is 2.36. The van der Waals surface area contributed by atoms with Crippen molar-refractivity contribution in [1.82, 2.24) is 0 Å². The Hall–Kier alpha value is -2.60. The summed E-state index contributed by atoms with van der Waals surface area (Å²) in [5.41, 5.74) is 8.60. The Morgan fingerprint density at radius 2 is 1.32 bits per heavy atom. The lowest BCUT2D eigenvalue weighted by molar-refractivity contribution is 1.43. The maximum absolute atomic E-state index is 4.19. The number of aryl methyl sites for hydroxylation is 1. The fourth-order valence-corrected chi connectivity index (χ4v) is 2.88. The van der Waals surface area contributed by atoms with Gasteiger partial charge in [0.15, 0.2) is 0 Å². The molecule has 0 aromatic heterocycles. The first kappa shape index (κ1) is 14.3. The number of allylic oxidation sites excluding steroid dienone is 1. The summed E-state index contributed by atoms with van der Waals surface area (Å²) in [5, 5.41) is 0. The van der Waals surface area contributed by atoms with Gasteiger partial charge in [-0.05, 0) is 47.2 Å². The van der Waals surface area contributed by atoms with Gasteiger partial charge in [0.2, 0.25) is 0 Å². The van der Waals surface area contributed by atoms with Crippen LogP contribution in [0.4, 0.5) is 0 Å². The topological polar surface area (TPSA) is 0 Å². The maximum atomic E-state index is 4.19. The number of benzene rings is 3. The first-order valence-electron chi connectivity index (χ1n) is 7.58. The number of rotatable bonds is 3. The molecule has 0 aliphatic heterocycles. The van der Waals surface area contributed by atoms with Crippen molar-refractivity contribution in [3.05, 3.63) is 90.5 Å². The van der Waals surface area contributed by atoms with Gasteiger partial charge in [0, 0.05) is 0 Å². The molecule has 0 aliphatic rings. The van der Waals surface area contributed by atoms with Gasteiger partial charge in [-0.15, -0.1) is 0 Å². The molecule has 0 saturated heterocycles. The highest BCUT2D eigenvalue weighted by molar-refractivity contribution is 5.92. The van der Waals surface area contributed by atoms with Gasteiger partial charge in [0.1, 0.15) is 0 Å². The molecule has 0 spiro atoms. The van der Waals surface area contributed by atoms with E-state index in [-0.39, 0.29) is 0 Å². The van der Waals surface area contributed by atoms with Crippen LogP contribution in [0.1, 0.15) is 18.1 Å². The van der Waals surface area contributed by atoms with Crippen LogP contribution in [0, 0.1) is 6.92 Å². The normalized spacial score (nSPS) is 10.5. The van der Waals surface area contributed by atoms with E-state index in [2.05, 4.69) is 93.2 Å². The molecule has 0 heterocycles. The van der Waals surface area contributed by atoms with Crippen molar-refractivity contribution < 1.29 is 0 Å². The number of hydrogen-bond donors (Lipinski definition) is 0. The Bertz CT molecular complexity index is 796. The molecule has 0 radical (unpaired) electrons. The van der Waals surface area contributed by atoms with Gasteiger partial charge < -0.3 is 0 Å². The Morgan fingerprint density at radius 1 is 0.773 bits per heavy atom. The van der Waals surface area contributed by atoms with Crippen molar-refractivity contribution >= 4 is 5.57 Å². The number of hydrogen-bond acceptors (Lipinski definition) is 0. The van der Waals surface area contributed by atoms with Crippen molar-refractivity contribution in [2.75, 3.05) is 0 Å². The quantitative estimate of drug-likeness (QED) is 0.524. The zero-order valence-corrected chi connectivity index (χ0v) is 13.1. The minimum Gasteiger partial charge on any atom is -0.0955 e. The average Bonchev–Trinajstić information content (AvgIpc) is 2.55. The molecule has 3 aromatic rings. The highest BCUT2D eigenvalue weighted by Gasteiger charge is 2.13. The maximum Gasteiger partial charge on any atom is -0.00302 e. The van der Waals surface area contributed by atoms with Crippen LogP contribution in [0.15, 0.2) is 79.4 Å². The second kappa shape index (κ2) is 6.03. The molecule has 0 aliphatic carbocycles. The van der Waals surface area contributed by atoms with Crippen LogP contribution < -0.4 is 0 Å². The highest BCUT2D eigenvalue weighted by atomic mass is 14.2. The van der Waals surface area contributed by atoms with E-state index in [1.807, 2.05) is 0 Å². The SMILES string of the molecule is C=C(C)c1cc(C)cc(-c2ccccc2)c1-c1ccccc1. The summed E-state index contributed by atoms with van der Waals surface area (Å²) in [4.78, 5) is 0. The van der Waals surface area contributed by atoms with E-state index in [1.165, 1.54) is 33.4 Å². The summed E-state index contributed by atoms with van der Waals surface area (Å²) in [6, 6.07) is 25.7. The Labute approximate surface area is 132 Å². The van der Waals surface area contributed by atoms with Crippen molar-refractivity contribution in [2.45, 2.75) is 13.8 Å². The second-order valence-corrected chi connectivity index (χ2v) is 5.75. The minimum absolute atomic E-state index is 1.10. The van der Waals surface area contributed by atoms with Crippen LogP contribution in [0.2, 0.25) is 0 Å². The largest absolute Gasteiger partial charge is 0.0955 e. The smallest absolute Gasteiger partial charge is 0.00302 e. The van der Waals surface area contributed by atoms with Gasteiger partial charge in [-0.25, -0.2) is 0 Å². The first-order chi connectivity index (χ1) is 10.7. The van der Waals surface area contributed by atoms with Crippen LogP contribution in [0.5, 0.6) is 0 Å². The van der Waals surface area contributed by atoms with Gasteiger partial charge in [-0.2, -0.15) is 0 Å². The summed E-state index contributed by atoms with van der Waals surface area (Å²) in [5.74, 6) is 0. The molecular weight excluding hydrogens is 264 g/mol. The summed E-state index contributed by atoms with van der Waals surface area (Å²) < 4.78 is 0. The van der Waals surface area contributed by atoms with Gasteiger partial charge in [-0.3, -0.25) is 0 Å². The van der Waals surface area contributed by atoms with Crippen LogP contribution in [-0.4, -0.2) is 0 Å². The van der Waals surface area contributed by atoms with Crippen LogP contribution in [-0.2, 0) is 0 Å². The van der Waals surface area contributed by atoms with Gasteiger partial charge in [-0.1, -0.05) is 84.9 Å². The summed E-state index contributed by atoms with van der Waals surface area (Å²) in [7, 11) is 0. The molecule has 0 heteroatoms. The summed E-state index contributed by atoms with van der Waals surface area (Å²) in [6.07, 6.45) is 0. The molecule has 3 rings (SSSR count). The second-order valence-electron chi connectivity index (χ2n) is 5.75. The zero-order chi connectivity index (χ0) is 15.5. The summed E-state index contributed by atoms with van der Waals surface area (Å²) >= 11 is 0. The van der Waals surface area contributed by atoms with Crippen LogP contribution in [0.25, 0.3) is 27.8 Å². The fourth-order valence-electron chi connectivity index (χ4n) is 2.88. The van der Waals surface area contributed by atoms with Crippen LogP contribution in [0.3, 0.4) is 0 Å². The lowest BCUT2D eigenvalue weighted by Crippen LogP contribution is -1.93. The molecule has 0 fully saturated rings. The lowest BCUT2D eigenvalue weighted by Gasteiger charge is -2.17. The molecular formula is C22H20. The molecule has 0 bridgehead atoms. The molecule has 0 N–H and O–H groups in total. The van der Waals surface area contributed by atoms with E-state index in [0.29, 0.717) is 0 Å². The molecule has 3 aromatic carbocycles.